The van der Waals surface area contributed by atoms with Gasteiger partial charge in [-0.25, -0.2) is 9.97 Å². The molecular formula is C18H20N4O2S. The molecule has 0 spiro atoms. The third-order valence-electron chi connectivity index (χ3n) is 3.81. The van der Waals surface area contributed by atoms with Crippen LogP contribution in [0.5, 0.6) is 0 Å². The Balaban J connectivity index is 1.60. The van der Waals surface area contributed by atoms with E-state index < -0.39 is 0 Å². The zero-order valence-electron chi connectivity index (χ0n) is 14.3. The van der Waals surface area contributed by atoms with Gasteiger partial charge < -0.3 is 10.2 Å². The van der Waals surface area contributed by atoms with Gasteiger partial charge in [0.1, 0.15) is 0 Å². The van der Waals surface area contributed by atoms with Crippen LogP contribution in [0.4, 0.5) is 11.4 Å². The first-order valence-corrected chi connectivity index (χ1v) is 9.15. The molecule has 7 heteroatoms. The van der Waals surface area contributed by atoms with Crippen molar-refractivity contribution in [3.63, 3.8) is 0 Å². The van der Waals surface area contributed by atoms with E-state index in [0.29, 0.717) is 17.3 Å². The van der Waals surface area contributed by atoms with Crippen molar-refractivity contribution in [1.82, 2.24) is 9.97 Å². The molecule has 0 atom stereocenters. The molecule has 2 heterocycles. The number of rotatable bonds is 5. The summed E-state index contributed by atoms with van der Waals surface area (Å²) < 4.78 is 0. The number of nitrogens with zero attached hydrogens (tertiary/aromatic N) is 3. The van der Waals surface area contributed by atoms with Crippen LogP contribution in [0.25, 0.3) is 0 Å². The number of hydrogen-bond donors (Lipinski definition) is 1. The summed E-state index contributed by atoms with van der Waals surface area (Å²) in [4.78, 5) is 34.4. The predicted octanol–water partition coefficient (Wildman–Crippen LogP) is 2.95. The van der Waals surface area contributed by atoms with E-state index in [2.05, 4.69) is 15.3 Å². The maximum absolute atomic E-state index is 12.2. The number of nitrogens with one attached hydrogen (secondary N) is 1. The van der Waals surface area contributed by atoms with Crippen LogP contribution in [0, 0.1) is 13.8 Å². The van der Waals surface area contributed by atoms with Crippen molar-refractivity contribution in [1.29, 1.82) is 0 Å². The van der Waals surface area contributed by atoms with Gasteiger partial charge in [0.05, 0.1) is 5.75 Å². The van der Waals surface area contributed by atoms with Gasteiger partial charge in [0.15, 0.2) is 5.16 Å². The number of aromatic nitrogens is 2. The highest BCUT2D eigenvalue weighted by atomic mass is 32.2. The van der Waals surface area contributed by atoms with Crippen LogP contribution in [0.3, 0.4) is 0 Å². The van der Waals surface area contributed by atoms with Gasteiger partial charge in [0.25, 0.3) is 0 Å². The van der Waals surface area contributed by atoms with Crippen molar-refractivity contribution < 1.29 is 9.59 Å². The highest BCUT2D eigenvalue weighted by Crippen LogP contribution is 2.24. The van der Waals surface area contributed by atoms with Crippen molar-refractivity contribution in [2.75, 3.05) is 22.5 Å². The number of aryl methyl sites for hydroxylation is 2. The fraction of sp³-hybridized carbons (Fsp3) is 0.333. The molecule has 130 valence electrons. The van der Waals surface area contributed by atoms with Crippen molar-refractivity contribution in [3.05, 3.63) is 41.7 Å². The van der Waals surface area contributed by atoms with E-state index in [1.807, 2.05) is 44.2 Å². The summed E-state index contributed by atoms with van der Waals surface area (Å²) >= 11 is 1.31. The molecule has 0 saturated carbocycles. The van der Waals surface area contributed by atoms with Gasteiger partial charge in [-0.3, -0.25) is 9.59 Å². The van der Waals surface area contributed by atoms with Crippen LogP contribution < -0.4 is 10.2 Å². The molecule has 1 aliphatic heterocycles. The second kappa shape index (κ2) is 7.65. The molecule has 1 saturated heterocycles. The number of carbonyl (C=O) groups is 2. The Bertz CT molecular complexity index is 789. The molecule has 1 fully saturated rings. The molecule has 1 aliphatic rings. The summed E-state index contributed by atoms with van der Waals surface area (Å²) in [5.41, 5.74) is 3.28. The molecule has 0 aliphatic carbocycles. The van der Waals surface area contributed by atoms with Crippen LogP contribution >= 0.6 is 11.8 Å². The lowest BCUT2D eigenvalue weighted by Gasteiger charge is -2.16. The zero-order chi connectivity index (χ0) is 17.8. The standard InChI is InChI=1S/C18H20N4O2S/c1-12-9-13(2)20-18(19-12)25-11-16(23)21-14-5-3-6-15(10-14)22-8-4-7-17(22)24/h3,5-6,9-10H,4,7-8,11H2,1-2H3,(H,21,23). The molecule has 3 rings (SSSR count). The lowest BCUT2D eigenvalue weighted by molar-refractivity contribution is -0.117. The minimum atomic E-state index is -0.127. The average Bonchev–Trinajstić information content (AvgIpc) is 2.98. The quantitative estimate of drug-likeness (QED) is 0.658. The Kier molecular flexibility index (Phi) is 5.33. The van der Waals surface area contributed by atoms with Crippen LogP contribution in [-0.2, 0) is 9.59 Å². The summed E-state index contributed by atoms with van der Waals surface area (Å²) in [6.07, 6.45) is 1.46. The highest BCUT2D eigenvalue weighted by molar-refractivity contribution is 7.99. The fourth-order valence-electron chi connectivity index (χ4n) is 2.76. The minimum Gasteiger partial charge on any atom is -0.325 e. The topological polar surface area (TPSA) is 75.2 Å². The fourth-order valence-corrected chi connectivity index (χ4v) is 3.51. The molecule has 1 aromatic carbocycles. The second-order valence-electron chi connectivity index (χ2n) is 5.97. The summed E-state index contributed by atoms with van der Waals surface area (Å²) in [7, 11) is 0. The Labute approximate surface area is 151 Å². The molecule has 25 heavy (non-hydrogen) atoms. The minimum absolute atomic E-state index is 0.127. The highest BCUT2D eigenvalue weighted by Gasteiger charge is 2.21. The van der Waals surface area contributed by atoms with Crippen molar-refractivity contribution in [3.8, 4) is 0 Å². The monoisotopic (exact) mass is 356 g/mol. The summed E-state index contributed by atoms with van der Waals surface area (Å²) in [5, 5.41) is 3.47. The van der Waals surface area contributed by atoms with E-state index in [-0.39, 0.29) is 17.6 Å². The molecule has 1 aromatic heterocycles. The van der Waals surface area contributed by atoms with Gasteiger partial charge in [-0.05, 0) is 44.5 Å². The molecular weight excluding hydrogens is 336 g/mol. The lowest BCUT2D eigenvalue weighted by atomic mass is 10.2. The van der Waals surface area contributed by atoms with E-state index in [1.54, 1.807) is 4.90 Å². The van der Waals surface area contributed by atoms with E-state index in [0.717, 1.165) is 30.0 Å². The maximum Gasteiger partial charge on any atom is 0.234 e. The third kappa shape index (κ3) is 4.57. The predicted molar refractivity (Wildman–Crippen MR) is 98.9 cm³/mol. The molecule has 1 N–H and O–H groups in total. The van der Waals surface area contributed by atoms with E-state index in [1.165, 1.54) is 11.8 Å². The van der Waals surface area contributed by atoms with Gasteiger partial charge in [0.2, 0.25) is 11.8 Å². The SMILES string of the molecule is Cc1cc(C)nc(SCC(=O)Nc2cccc(N3CCCC3=O)c2)n1. The summed E-state index contributed by atoms with van der Waals surface area (Å²) in [6, 6.07) is 9.28. The Hall–Kier alpha value is -2.41. The number of benzene rings is 1. The van der Waals surface area contributed by atoms with Gasteiger partial charge in [-0.2, -0.15) is 0 Å². The van der Waals surface area contributed by atoms with Gasteiger partial charge >= 0.3 is 0 Å². The first-order chi connectivity index (χ1) is 12.0. The third-order valence-corrected chi connectivity index (χ3v) is 4.66. The molecule has 2 amide bonds. The second-order valence-corrected chi connectivity index (χ2v) is 6.91. The Morgan fingerprint density at radius 3 is 2.68 bits per heavy atom. The Morgan fingerprint density at radius 2 is 2.00 bits per heavy atom. The summed E-state index contributed by atoms with van der Waals surface area (Å²) in [6.45, 7) is 4.55. The lowest BCUT2D eigenvalue weighted by Crippen LogP contribution is -2.23. The number of thioether (sulfide) groups is 1. The first kappa shape index (κ1) is 17.4. The molecule has 0 radical (unpaired) electrons. The maximum atomic E-state index is 12.2. The number of anilines is 2. The van der Waals surface area contributed by atoms with Crippen LogP contribution in [0.15, 0.2) is 35.5 Å². The van der Waals surface area contributed by atoms with E-state index >= 15 is 0 Å². The number of carbonyl (C=O) groups excluding carboxylic acids is 2. The normalized spacial score (nSPS) is 14.0. The molecule has 6 nitrogen and oxygen atoms in total. The van der Waals surface area contributed by atoms with Crippen molar-refractivity contribution in [2.45, 2.75) is 31.8 Å². The first-order valence-electron chi connectivity index (χ1n) is 8.16. The van der Waals surface area contributed by atoms with Crippen LogP contribution in [-0.4, -0.2) is 34.1 Å². The van der Waals surface area contributed by atoms with Crippen LogP contribution in [0.2, 0.25) is 0 Å². The van der Waals surface area contributed by atoms with Gasteiger partial charge in [0, 0.05) is 35.7 Å². The molecule has 0 unspecified atom stereocenters. The zero-order valence-corrected chi connectivity index (χ0v) is 15.1. The van der Waals surface area contributed by atoms with E-state index in [9.17, 15) is 9.59 Å². The molecule has 0 bridgehead atoms. The van der Waals surface area contributed by atoms with Gasteiger partial charge in [-0.15, -0.1) is 0 Å². The molecule has 2 aromatic rings. The van der Waals surface area contributed by atoms with Crippen molar-refractivity contribution in [2.24, 2.45) is 0 Å². The summed E-state index contributed by atoms with van der Waals surface area (Å²) in [5.74, 6) is 0.235. The number of amides is 2. The number of hydrogen-bond acceptors (Lipinski definition) is 5. The van der Waals surface area contributed by atoms with Crippen LogP contribution in [0.1, 0.15) is 24.2 Å². The van der Waals surface area contributed by atoms with Crippen molar-refractivity contribution >= 4 is 35.0 Å². The largest absolute Gasteiger partial charge is 0.325 e. The van der Waals surface area contributed by atoms with Gasteiger partial charge in [-0.1, -0.05) is 17.8 Å². The smallest absolute Gasteiger partial charge is 0.234 e. The average molecular weight is 356 g/mol. The Morgan fingerprint density at radius 1 is 1.24 bits per heavy atom. The van der Waals surface area contributed by atoms with E-state index in [4.69, 9.17) is 0 Å².